The fourth-order valence-corrected chi connectivity index (χ4v) is 3.57. The van der Waals surface area contributed by atoms with Crippen molar-refractivity contribution in [2.75, 3.05) is 26.7 Å². The third kappa shape index (κ3) is 5.97. The highest BCUT2D eigenvalue weighted by molar-refractivity contribution is 7.09. The van der Waals surface area contributed by atoms with Gasteiger partial charge >= 0.3 is 0 Å². The first-order valence-corrected chi connectivity index (χ1v) is 8.52. The number of likely N-dealkylation sites (N-methyl/N-ethyl adjacent to an activating group) is 1. The molecule has 1 amide bonds. The summed E-state index contributed by atoms with van der Waals surface area (Å²) in [5, 5.41) is 5.48. The van der Waals surface area contributed by atoms with Crippen LogP contribution in [0.25, 0.3) is 0 Å². The highest BCUT2D eigenvalue weighted by Gasteiger charge is 2.23. The SMILES string of the molecule is CC(CC(=O)N(C)CCc1cccs1)C1CCNCC1.Cl. The molecule has 1 saturated heterocycles. The molecule has 1 aliphatic heterocycles. The van der Waals surface area contributed by atoms with Gasteiger partial charge in [-0.2, -0.15) is 0 Å². The summed E-state index contributed by atoms with van der Waals surface area (Å²) < 4.78 is 0. The minimum absolute atomic E-state index is 0. The number of nitrogens with one attached hydrogen (secondary N) is 1. The predicted molar refractivity (Wildman–Crippen MR) is 92.3 cm³/mol. The molecule has 0 spiro atoms. The van der Waals surface area contributed by atoms with Crippen molar-refractivity contribution in [1.29, 1.82) is 0 Å². The first kappa shape index (κ1) is 18.5. The van der Waals surface area contributed by atoms with Crippen LogP contribution >= 0.6 is 23.7 Å². The quantitative estimate of drug-likeness (QED) is 0.868. The number of hydrogen-bond donors (Lipinski definition) is 1. The molecule has 21 heavy (non-hydrogen) atoms. The number of hydrogen-bond acceptors (Lipinski definition) is 3. The van der Waals surface area contributed by atoms with Crippen LogP contribution in [0.3, 0.4) is 0 Å². The van der Waals surface area contributed by atoms with Crippen molar-refractivity contribution in [2.45, 2.75) is 32.6 Å². The summed E-state index contributed by atoms with van der Waals surface area (Å²) in [6, 6.07) is 4.21. The van der Waals surface area contributed by atoms with Crippen LogP contribution in [0.5, 0.6) is 0 Å². The standard InChI is InChI=1S/C16H26N2OS.ClH/c1-13(14-5-8-17-9-6-14)12-16(19)18(2)10-7-15-4-3-11-20-15;/h3-4,11,13-14,17H,5-10,12H2,1-2H3;1H. The predicted octanol–water partition coefficient (Wildman–Crippen LogP) is 3.20. The summed E-state index contributed by atoms with van der Waals surface area (Å²) in [7, 11) is 1.94. The summed E-state index contributed by atoms with van der Waals surface area (Å²) >= 11 is 1.77. The van der Waals surface area contributed by atoms with E-state index in [4.69, 9.17) is 0 Å². The van der Waals surface area contributed by atoms with E-state index >= 15 is 0 Å². The Hall–Kier alpha value is -0.580. The number of carbonyl (C=O) groups is 1. The Morgan fingerprint density at radius 1 is 1.48 bits per heavy atom. The minimum atomic E-state index is 0. The molecule has 1 fully saturated rings. The topological polar surface area (TPSA) is 32.3 Å². The summed E-state index contributed by atoms with van der Waals surface area (Å²) in [6.07, 6.45) is 4.11. The first-order chi connectivity index (χ1) is 9.66. The molecular formula is C16H27ClN2OS. The van der Waals surface area contributed by atoms with E-state index in [0.29, 0.717) is 24.2 Å². The van der Waals surface area contributed by atoms with Gasteiger partial charge < -0.3 is 10.2 Å². The number of carbonyl (C=O) groups excluding carboxylic acids is 1. The van der Waals surface area contributed by atoms with Crippen molar-refractivity contribution >= 4 is 29.7 Å². The summed E-state index contributed by atoms with van der Waals surface area (Å²) in [4.78, 5) is 15.5. The molecule has 1 aromatic rings. The van der Waals surface area contributed by atoms with Crippen LogP contribution in [0, 0.1) is 11.8 Å². The van der Waals surface area contributed by atoms with E-state index in [1.807, 2.05) is 11.9 Å². The van der Waals surface area contributed by atoms with E-state index in [9.17, 15) is 4.79 Å². The second-order valence-corrected chi connectivity index (χ2v) is 6.95. The van der Waals surface area contributed by atoms with Crippen LogP contribution in [-0.4, -0.2) is 37.5 Å². The van der Waals surface area contributed by atoms with Crippen LogP contribution in [0.4, 0.5) is 0 Å². The molecule has 2 heterocycles. The van der Waals surface area contributed by atoms with Crippen molar-refractivity contribution in [1.82, 2.24) is 10.2 Å². The number of piperidine rings is 1. The number of rotatable bonds is 6. The summed E-state index contributed by atoms with van der Waals surface area (Å²) in [6.45, 7) is 5.29. The fraction of sp³-hybridized carbons (Fsp3) is 0.688. The molecule has 120 valence electrons. The van der Waals surface area contributed by atoms with E-state index in [1.165, 1.54) is 17.7 Å². The Labute approximate surface area is 138 Å². The van der Waals surface area contributed by atoms with Crippen LogP contribution in [0.2, 0.25) is 0 Å². The Morgan fingerprint density at radius 2 is 2.19 bits per heavy atom. The zero-order valence-electron chi connectivity index (χ0n) is 13.0. The monoisotopic (exact) mass is 330 g/mol. The van der Waals surface area contributed by atoms with Crippen molar-refractivity contribution < 1.29 is 4.79 Å². The third-order valence-corrected chi connectivity index (χ3v) is 5.32. The molecule has 0 aromatic carbocycles. The average molecular weight is 331 g/mol. The molecule has 1 aromatic heterocycles. The number of halogens is 1. The highest BCUT2D eigenvalue weighted by atomic mass is 35.5. The normalized spacial score (nSPS) is 17.0. The highest BCUT2D eigenvalue weighted by Crippen LogP contribution is 2.24. The van der Waals surface area contributed by atoms with Gasteiger partial charge in [0.25, 0.3) is 0 Å². The third-order valence-electron chi connectivity index (χ3n) is 4.38. The maximum absolute atomic E-state index is 12.3. The van der Waals surface area contributed by atoms with Crippen molar-refractivity contribution in [3.63, 3.8) is 0 Å². The van der Waals surface area contributed by atoms with Crippen molar-refractivity contribution in [2.24, 2.45) is 11.8 Å². The molecular weight excluding hydrogens is 304 g/mol. The molecule has 2 rings (SSSR count). The molecule has 0 radical (unpaired) electrons. The number of nitrogens with zero attached hydrogens (tertiary/aromatic N) is 1. The fourth-order valence-electron chi connectivity index (χ4n) is 2.87. The Morgan fingerprint density at radius 3 is 2.81 bits per heavy atom. The molecule has 0 saturated carbocycles. The molecule has 1 N–H and O–H groups in total. The van der Waals surface area contributed by atoms with Gasteiger partial charge in [-0.25, -0.2) is 0 Å². The first-order valence-electron chi connectivity index (χ1n) is 7.64. The minimum Gasteiger partial charge on any atom is -0.345 e. The van der Waals surface area contributed by atoms with Gasteiger partial charge in [0.1, 0.15) is 0 Å². The maximum Gasteiger partial charge on any atom is 0.222 e. The smallest absolute Gasteiger partial charge is 0.222 e. The Kier molecular flexibility index (Phi) is 8.30. The molecule has 0 aliphatic carbocycles. The van der Waals surface area contributed by atoms with Crippen LogP contribution in [0.15, 0.2) is 17.5 Å². The summed E-state index contributed by atoms with van der Waals surface area (Å²) in [5.74, 6) is 1.52. The lowest BCUT2D eigenvalue weighted by Gasteiger charge is -2.29. The lowest BCUT2D eigenvalue weighted by molar-refractivity contribution is -0.131. The van der Waals surface area contributed by atoms with Crippen molar-refractivity contribution in [3.8, 4) is 0 Å². The zero-order valence-corrected chi connectivity index (χ0v) is 14.6. The second kappa shape index (κ2) is 9.44. The molecule has 0 bridgehead atoms. The van der Waals surface area contributed by atoms with E-state index in [1.54, 1.807) is 11.3 Å². The Bertz CT molecular complexity index is 404. The largest absolute Gasteiger partial charge is 0.345 e. The molecule has 1 atom stereocenters. The van der Waals surface area contributed by atoms with E-state index in [2.05, 4.69) is 29.8 Å². The number of amides is 1. The van der Waals surface area contributed by atoms with Gasteiger partial charge in [-0.3, -0.25) is 4.79 Å². The van der Waals surface area contributed by atoms with Gasteiger partial charge in [-0.1, -0.05) is 13.0 Å². The van der Waals surface area contributed by atoms with E-state index in [0.717, 1.165) is 26.1 Å². The van der Waals surface area contributed by atoms with Gasteiger partial charge in [0.2, 0.25) is 5.91 Å². The van der Waals surface area contributed by atoms with E-state index in [-0.39, 0.29) is 12.4 Å². The lowest BCUT2D eigenvalue weighted by Crippen LogP contribution is -2.34. The van der Waals surface area contributed by atoms with E-state index < -0.39 is 0 Å². The molecule has 1 unspecified atom stereocenters. The molecule has 5 heteroatoms. The van der Waals surface area contributed by atoms with Gasteiger partial charge in [0.05, 0.1) is 0 Å². The van der Waals surface area contributed by atoms with Crippen LogP contribution in [-0.2, 0) is 11.2 Å². The zero-order chi connectivity index (χ0) is 14.4. The van der Waals surface area contributed by atoms with Gasteiger partial charge in [0.15, 0.2) is 0 Å². The number of thiophene rings is 1. The van der Waals surface area contributed by atoms with Gasteiger partial charge in [-0.05, 0) is 55.6 Å². The maximum atomic E-state index is 12.3. The van der Waals surface area contributed by atoms with Crippen LogP contribution < -0.4 is 5.32 Å². The summed E-state index contributed by atoms with van der Waals surface area (Å²) in [5.41, 5.74) is 0. The van der Waals surface area contributed by atoms with Crippen LogP contribution in [0.1, 0.15) is 31.1 Å². The lowest BCUT2D eigenvalue weighted by atomic mass is 9.84. The van der Waals surface area contributed by atoms with Gasteiger partial charge in [0, 0.05) is 24.9 Å². The second-order valence-electron chi connectivity index (χ2n) is 5.91. The molecule has 1 aliphatic rings. The average Bonchev–Trinajstić information content (AvgIpc) is 2.98. The van der Waals surface area contributed by atoms with Crippen molar-refractivity contribution in [3.05, 3.63) is 22.4 Å². The Balaban J connectivity index is 0.00000220. The van der Waals surface area contributed by atoms with Gasteiger partial charge in [-0.15, -0.1) is 23.7 Å². The molecule has 3 nitrogen and oxygen atoms in total.